The molecule has 0 aliphatic carbocycles. The fourth-order valence-corrected chi connectivity index (χ4v) is 4.76. The summed E-state index contributed by atoms with van der Waals surface area (Å²) < 4.78 is 0. The van der Waals surface area contributed by atoms with Crippen molar-refractivity contribution >= 4 is 23.6 Å². The Kier molecular flexibility index (Phi) is 7.59. The Morgan fingerprint density at radius 3 is 2.96 bits per heavy atom. The maximum Gasteiger partial charge on any atom is 0.237 e. The highest BCUT2D eigenvalue weighted by atomic mass is 32.2. The van der Waals surface area contributed by atoms with Gasteiger partial charge in [0.25, 0.3) is 0 Å². The van der Waals surface area contributed by atoms with Gasteiger partial charge in [0.1, 0.15) is 0 Å². The molecule has 0 bridgehead atoms. The van der Waals surface area contributed by atoms with Gasteiger partial charge < -0.3 is 15.5 Å². The van der Waals surface area contributed by atoms with Crippen LogP contribution in [0.2, 0.25) is 0 Å². The number of hydrogen-bond donors (Lipinski definition) is 2. The van der Waals surface area contributed by atoms with Crippen LogP contribution in [0.25, 0.3) is 0 Å². The van der Waals surface area contributed by atoms with Crippen molar-refractivity contribution < 1.29 is 9.59 Å². The van der Waals surface area contributed by atoms with Crippen molar-refractivity contribution in [3.05, 3.63) is 35.4 Å². The van der Waals surface area contributed by atoms with Gasteiger partial charge in [0.05, 0.1) is 11.8 Å². The van der Waals surface area contributed by atoms with Crippen LogP contribution in [-0.2, 0) is 15.3 Å². The molecule has 2 aliphatic rings. The van der Waals surface area contributed by atoms with E-state index < -0.39 is 0 Å². The average Bonchev–Trinajstić information content (AvgIpc) is 3.21. The lowest BCUT2D eigenvalue weighted by molar-refractivity contribution is -0.130. The number of piperidine rings is 1. The first-order valence-electron chi connectivity index (χ1n) is 10.0. The largest absolute Gasteiger partial charge is 0.354 e. The van der Waals surface area contributed by atoms with E-state index in [-0.39, 0.29) is 17.9 Å². The number of benzene rings is 1. The topological polar surface area (TPSA) is 61.4 Å². The summed E-state index contributed by atoms with van der Waals surface area (Å²) >= 11 is 1.68. The first-order chi connectivity index (χ1) is 13.1. The van der Waals surface area contributed by atoms with E-state index >= 15 is 0 Å². The zero-order chi connectivity index (χ0) is 19.1. The molecule has 2 unspecified atom stereocenters. The van der Waals surface area contributed by atoms with E-state index in [1.807, 2.05) is 4.90 Å². The molecule has 0 radical (unpaired) electrons. The minimum atomic E-state index is -0.0238. The average molecular weight is 390 g/mol. The van der Waals surface area contributed by atoms with Crippen molar-refractivity contribution in [3.63, 3.8) is 0 Å². The number of carbonyl (C=O) groups is 2. The molecular weight excluding hydrogens is 358 g/mol. The summed E-state index contributed by atoms with van der Waals surface area (Å²) in [6.07, 6.45) is 4.11. The fourth-order valence-electron chi connectivity index (χ4n) is 3.88. The van der Waals surface area contributed by atoms with Crippen molar-refractivity contribution in [1.82, 2.24) is 15.5 Å². The van der Waals surface area contributed by atoms with E-state index in [1.165, 1.54) is 11.1 Å². The van der Waals surface area contributed by atoms with Crippen LogP contribution in [-0.4, -0.2) is 54.7 Å². The second-order valence-electron chi connectivity index (χ2n) is 7.72. The Morgan fingerprint density at radius 1 is 1.30 bits per heavy atom. The van der Waals surface area contributed by atoms with Crippen LogP contribution < -0.4 is 10.6 Å². The lowest BCUT2D eigenvalue weighted by Crippen LogP contribution is -2.47. The van der Waals surface area contributed by atoms with Gasteiger partial charge in [-0.2, -0.15) is 0 Å². The van der Waals surface area contributed by atoms with Crippen molar-refractivity contribution in [1.29, 1.82) is 0 Å². The van der Waals surface area contributed by atoms with Gasteiger partial charge in [-0.25, -0.2) is 0 Å². The number of rotatable bonds is 7. The lowest BCUT2D eigenvalue weighted by atomic mass is 9.98. The maximum absolute atomic E-state index is 12.6. The molecule has 2 aliphatic heterocycles. The summed E-state index contributed by atoms with van der Waals surface area (Å²) in [5.41, 5.74) is 2.53. The zero-order valence-electron chi connectivity index (χ0n) is 16.2. The Labute approximate surface area is 166 Å². The number of amides is 2. The van der Waals surface area contributed by atoms with Crippen LogP contribution >= 0.6 is 11.8 Å². The van der Waals surface area contributed by atoms with Crippen LogP contribution in [0.4, 0.5) is 0 Å². The monoisotopic (exact) mass is 389 g/mol. The van der Waals surface area contributed by atoms with Crippen molar-refractivity contribution in [2.75, 3.05) is 31.9 Å². The van der Waals surface area contributed by atoms with Gasteiger partial charge in [0.15, 0.2) is 0 Å². The number of aryl methyl sites for hydroxylation is 1. The van der Waals surface area contributed by atoms with Crippen molar-refractivity contribution in [3.8, 4) is 0 Å². The van der Waals surface area contributed by atoms with Gasteiger partial charge in [-0.15, -0.1) is 11.8 Å². The molecule has 2 heterocycles. The molecule has 2 N–H and O–H groups in total. The van der Waals surface area contributed by atoms with Crippen molar-refractivity contribution in [2.45, 2.75) is 44.4 Å². The fraction of sp³-hybridized carbons (Fsp3) is 0.619. The third-order valence-corrected chi connectivity index (χ3v) is 6.38. The van der Waals surface area contributed by atoms with Gasteiger partial charge in [-0.3, -0.25) is 9.59 Å². The molecule has 6 heteroatoms. The zero-order valence-corrected chi connectivity index (χ0v) is 17.0. The molecule has 0 spiro atoms. The number of nitrogens with zero attached hydrogens (tertiary/aromatic N) is 1. The molecule has 148 valence electrons. The molecule has 0 aromatic heterocycles. The van der Waals surface area contributed by atoms with E-state index in [0.717, 1.165) is 51.1 Å². The number of likely N-dealkylation sites (tertiary alicyclic amines) is 1. The second kappa shape index (κ2) is 10.1. The summed E-state index contributed by atoms with van der Waals surface area (Å²) in [6, 6.07) is 8.43. The molecule has 1 aromatic rings. The van der Waals surface area contributed by atoms with Gasteiger partial charge in [-0.1, -0.05) is 29.8 Å². The molecule has 2 saturated heterocycles. The van der Waals surface area contributed by atoms with E-state index in [1.54, 1.807) is 11.8 Å². The van der Waals surface area contributed by atoms with E-state index in [4.69, 9.17) is 0 Å². The number of thioether (sulfide) groups is 1. The van der Waals surface area contributed by atoms with Crippen LogP contribution in [0.1, 0.15) is 36.8 Å². The molecule has 2 fully saturated rings. The normalized spacial score (nSPS) is 22.6. The summed E-state index contributed by atoms with van der Waals surface area (Å²) in [5, 5.41) is 6.31. The molecule has 1 aromatic carbocycles. The minimum absolute atomic E-state index is 0.0238. The number of hydrogen-bond acceptors (Lipinski definition) is 4. The van der Waals surface area contributed by atoms with Gasteiger partial charge in [-0.05, 0) is 50.6 Å². The van der Waals surface area contributed by atoms with Gasteiger partial charge >= 0.3 is 0 Å². The summed E-state index contributed by atoms with van der Waals surface area (Å²) in [5.74, 6) is 2.11. The Morgan fingerprint density at radius 2 is 2.19 bits per heavy atom. The van der Waals surface area contributed by atoms with E-state index in [0.29, 0.717) is 18.2 Å². The predicted molar refractivity (Wildman–Crippen MR) is 111 cm³/mol. The highest BCUT2D eigenvalue weighted by Crippen LogP contribution is 2.19. The first-order valence-corrected chi connectivity index (χ1v) is 11.2. The molecule has 0 saturated carbocycles. The van der Waals surface area contributed by atoms with Crippen molar-refractivity contribution in [2.24, 2.45) is 5.92 Å². The molecule has 27 heavy (non-hydrogen) atoms. The van der Waals surface area contributed by atoms with Crippen LogP contribution in [0, 0.1) is 12.8 Å². The Bertz CT molecular complexity index is 646. The molecule has 3 rings (SSSR count). The molecule has 2 atom stereocenters. The molecular formula is C21H31N3O2S. The standard InChI is InChI=1S/C21H31N3O2S/c1-16-5-2-6-17(11-16)14-27-15-20(25)24-10-4-7-18(13-24)12-23-21(26)19-8-3-9-22-19/h2,5-6,11,18-19,22H,3-4,7-10,12-15H2,1H3,(H,23,26). The minimum Gasteiger partial charge on any atom is -0.354 e. The third-order valence-electron chi connectivity index (χ3n) is 5.39. The smallest absolute Gasteiger partial charge is 0.237 e. The first kappa shape index (κ1) is 20.2. The molecule has 5 nitrogen and oxygen atoms in total. The highest BCUT2D eigenvalue weighted by molar-refractivity contribution is 7.99. The number of nitrogens with one attached hydrogen (secondary N) is 2. The third kappa shape index (κ3) is 6.25. The van der Waals surface area contributed by atoms with E-state index in [2.05, 4.69) is 41.8 Å². The van der Waals surface area contributed by atoms with Crippen LogP contribution in [0.15, 0.2) is 24.3 Å². The van der Waals surface area contributed by atoms with Gasteiger partial charge in [0, 0.05) is 25.4 Å². The Hall–Kier alpha value is -1.53. The summed E-state index contributed by atoms with van der Waals surface area (Å²) in [4.78, 5) is 26.7. The van der Waals surface area contributed by atoms with Crippen LogP contribution in [0.5, 0.6) is 0 Å². The molecule has 2 amide bonds. The van der Waals surface area contributed by atoms with Crippen LogP contribution in [0.3, 0.4) is 0 Å². The highest BCUT2D eigenvalue weighted by Gasteiger charge is 2.26. The lowest BCUT2D eigenvalue weighted by Gasteiger charge is -2.33. The quantitative estimate of drug-likeness (QED) is 0.751. The van der Waals surface area contributed by atoms with Gasteiger partial charge in [0.2, 0.25) is 11.8 Å². The number of carbonyl (C=O) groups excluding carboxylic acids is 2. The summed E-state index contributed by atoms with van der Waals surface area (Å²) in [6.45, 7) is 5.32. The predicted octanol–water partition coefficient (Wildman–Crippen LogP) is 2.34. The van der Waals surface area contributed by atoms with E-state index in [9.17, 15) is 9.59 Å². The summed E-state index contributed by atoms with van der Waals surface area (Å²) in [7, 11) is 0. The maximum atomic E-state index is 12.6. The Balaban J connectivity index is 1.37. The second-order valence-corrected chi connectivity index (χ2v) is 8.71. The SMILES string of the molecule is Cc1cccc(CSCC(=O)N2CCCC(CNC(=O)C3CCCN3)C2)c1.